The summed E-state index contributed by atoms with van der Waals surface area (Å²) in [6.07, 6.45) is 12.2. The summed E-state index contributed by atoms with van der Waals surface area (Å²) in [6.45, 7) is 5.68. The third-order valence-electron chi connectivity index (χ3n) is 11.2. The number of halogens is 1. The zero-order chi connectivity index (χ0) is 34.3. The molecule has 260 valence electrons. The number of hydrogen-bond donors (Lipinski definition) is 1. The molecular weight excluding hydrogens is 664 g/mol. The van der Waals surface area contributed by atoms with E-state index in [4.69, 9.17) is 25.6 Å². The highest BCUT2D eigenvalue weighted by Crippen LogP contribution is 2.47. The van der Waals surface area contributed by atoms with Crippen LogP contribution in [0.1, 0.15) is 77.8 Å². The molecule has 1 spiro atoms. The van der Waals surface area contributed by atoms with Gasteiger partial charge in [-0.25, -0.2) is 4.21 Å². The van der Waals surface area contributed by atoms with Gasteiger partial charge < -0.3 is 18.9 Å². The van der Waals surface area contributed by atoms with Crippen LogP contribution in [-0.2, 0) is 26.5 Å². The fraction of sp³-hybridized carbons (Fsp3) is 0.486. The Morgan fingerprint density at radius 3 is 2.80 bits per heavy atom. The van der Waals surface area contributed by atoms with E-state index in [-0.39, 0.29) is 28.6 Å². The number of amides is 2. The highest BCUT2D eigenvalue weighted by atomic mass is 35.5. The van der Waals surface area contributed by atoms with Gasteiger partial charge in [0.1, 0.15) is 21.9 Å². The van der Waals surface area contributed by atoms with Crippen LogP contribution in [0.4, 0.5) is 5.69 Å². The van der Waals surface area contributed by atoms with Crippen molar-refractivity contribution < 1.29 is 27.8 Å². The second kappa shape index (κ2) is 13.6. The molecule has 3 heterocycles. The van der Waals surface area contributed by atoms with Crippen LogP contribution in [0.5, 0.6) is 5.75 Å². The Morgan fingerprint density at radius 1 is 1.18 bits per heavy atom. The Balaban J connectivity index is 1.33. The number of nitrogens with one attached hydrogen (secondary N) is 1. The molecule has 1 aromatic heterocycles. The van der Waals surface area contributed by atoms with Crippen LogP contribution in [0.3, 0.4) is 0 Å². The van der Waals surface area contributed by atoms with Crippen molar-refractivity contribution in [2.75, 3.05) is 31.7 Å². The number of nitrogens with zero attached hydrogens (tertiary/aromatic N) is 3. The zero-order valence-corrected chi connectivity index (χ0v) is 29.7. The summed E-state index contributed by atoms with van der Waals surface area (Å²) in [5, 5.41) is 3.66. The highest BCUT2D eigenvalue weighted by Gasteiger charge is 2.44. The fourth-order valence-electron chi connectivity index (χ4n) is 8.00. The van der Waals surface area contributed by atoms with E-state index in [1.54, 1.807) is 20.1 Å². The quantitative estimate of drug-likeness (QED) is 0.296. The average molecular weight is 707 g/mol. The molecule has 49 heavy (non-hydrogen) atoms. The van der Waals surface area contributed by atoms with Crippen molar-refractivity contribution >= 4 is 39.0 Å². The first-order valence-electron chi connectivity index (χ1n) is 17.1. The molecule has 2 aliphatic heterocycles. The average Bonchev–Trinajstić information content (AvgIpc) is 3.58. The van der Waals surface area contributed by atoms with Gasteiger partial charge in [0.25, 0.3) is 11.8 Å². The van der Waals surface area contributed by atoms with Crippen LogP contribution >= 0.6 is 11.6 Å². The maximum atomic E-state index is 14.6. The van der Waals surface area contributed by atoms with Crippen LogP contribution < -0.4 is 14.4 Å². The minimum Gasteiger partial charge on any atom is -0.490 e. The van der Waals surface area contributed by atoms with E-state index in [2.05, 4.69) is 43.4 Å². The number of fused-ring (bicyclic) bond motifs is 4. The summed E-state index contributed by atoms with van der Waals surface area (Å²) in [7, 11) is -1.85. The van der Waals surface area contributed by atoms with E-state index in [0.717, 1.165) is 55.6 Å². The van der Waals surface area contributed by atoms with Crippen molar-refractivity contribution in [3.63, 3.8) is 0 Å². The van der Waals surface area contributed by atoms with Gasteiger partial charge in [-0.15, -0.1) is 4.36 Å². The van der Waals surface area contributed by atoms with E-state index in [1.807, 2.05) is 25.1 Å². The number of allylic oxidation sites excluding steroid dienone is 1. The number of carbonyl (C=O) groups excluding carboxylic acids is 2. The highest BCUT2D eigenvalue weighted by molar-refractivity contribution is 7.93. The summed E-state index contributed by atoms with van der Waals surface area (Å²) < 4.78 is 39.0. The maximum absolute atomic E-state index is 14.6. The van der Waals surface area contributed by atoms with E-state index in [0.29, 0.717) is 37.2 Å². The number of aromatic nitrogens is 1. The van der Waals surface area contributed by atoms with Gasteiger partial charge in [-0.2, -0.15) is 0 Å². The summed E-state index contributed by atoms with van der Waals surface area (Å²) in [4.78, 5) is 29.5. The van der Waals surface area contributed by atoms with Crippen LogP contribution in [0.2, 0.25) is 5.02 Å². The Labute approximate surface area is 292 Å². The van der Waals surface area contributed by atoms with E-state index in [9.17, 15) is 13.8 Å². The van der Waals surface area contributed by atoms with Crippen LogP contribution in [0, 0.1) is 17.8 Å². The Morgan fingerprint density at radius 2 is 2.04 bits per heavy atom. The zero-order valence-electron chi connectivity index (χ0n) is 28.1. The van der Waals surface area contributed by atoms with Gasteiger partial charge >= 0.3 is 0 Å². The Kier molecular flexibility index (Phi) is 9.36. The van der Waals surface area contributed by atoms with Crippen LogP contribution in [-0.4, -0.2) is 59.3 Å². The van der Waals surface area contributed by atoms with Crippen molar-refractivity contribution in [2.45, 2.75) is 69.1 Å². The second-order valence-electron chi connectivity index (χ2n) is 14.1. The number of anilines is 1. The van der Waals surface area contributed by atoms with Crippen molar-refractivity contribution in [3.05, 3.63) is 88.3 Å². The molecule has 12 heteroatoms. The maximum Gasteiger partial charge on any atom is 0.286 e. The van der Waals surface area contributed by atoms with Crippen molar-refractivity contribution in [1.82, 2.24) is 9.88 Å². The monoisotopic (exact) mass is 706 g/mol. The van der Waals surface area contributed by atoms with E-state index < -0.39 is 27.0 Å². The second-order valence-corrected chi connectivity index (χ2v) is 16.8. The topological polar surface area (TPSA) is 123 Å². The molecule has 10 nitrogen and oxygen atoms in total. The summed E-state index contributed by atoms with van der Waals surface area (Å²) >= 11 is 6.45. The first-order valence-corrected chi connectivity index (χ1v) is 19.1. The number of ether oxygens (including phenoxy) is 2. The van der Waals surface area contributed by atoms with Crippen LogP contribution in [0.25, 0.3) is 0 Å². The first kappa shape index (κ1) is 33.8. The number of aryl methyl sites for hydroxylation is 1. The van der Waals surface area contributed by atoms with Gasteiger partial charge in [-0.1, -0.05) is 41.9 Å². The van der Waals surface area contributed by atoms with E-state index in [1.165, 1.54) is 17.3 Å². The molecule has 1 saturated carbocycles. The predicted octanol–water partition coefficient (Wildman–Crippen LogP) is 6.78. The Bertz CT molecular complexity index is 1890. The molecule has 2 aliphatic carbocycles. The SMILES string of the molecule is COC1/C=C/CC(C)C(C)S(=O)(NC(=O)c2cnoc2)=NC(=O)c2ccc3c(c2)N(CC2CCC21)CC1(CCCc2cc(Cl)ccc21)CO3. The van der Waals surface area contributed by atoms with Gasteiger partial charge in [0, 0.05) is 36.2 Å². The molecule has 1 fully saturated rings. The number of methoxy groups -OCH3 is 1. The largest absolute Gasteiger partial charge is 0.490 e. The normalized spacial score (nSPS) is 32.0. The molecular formula is C37H43ClN4O6S. The summed E-state index contributed by atoms with van der Waals surface area (Å²) in [5.74, 6) is -0.134. The molecule has 7 unspecified atom stereocenters. The van der Waals surface area contributed by atoms with Gasteiger partial charge in [-0.3, -0.25) is 14.3 Å². The lowest BCUT2D eigenvalue weighted by atomic mass is 9.68. The molecule has 2 amide bonds. The lowest BCUT2D eigenvalue weighted by Crippen LogP contribution is -2.49. The predicted molar refractivity (Wildman–Crippen MR) is 188 cm³/mol. The third kappa shape index (κ3) is 6.53. The van der Waals surface area contributed by atoms with Gasteiger partial charge in [0.2, 0.25) is 0 Å². The number of hydrogen-bond acceptors (Lipinski definition) is 8. The molecule has 2 aromatic carbocycles. The van der Waals surface area contributed by atoms with Gasteiger partial charge in [-0.05, 0) is 105 Å². The molecule has 2 bridgehead atoms. The fourth-order valence-corrected chi connectivity index (χ4v) is 10.1. The first-order chi connectivity index (χ1) is 23.6. The lowest BCUT2D eigenvalue weighted by molar-refractivity contribution is 0.0131. The minimum atomic E-state index is -3.61. The molecule has 1 N–H and O–H groups in total. The molecule has 0 saturated heterocycles. The van der Waals surface area contributed by atoms with Crippen LogP contribution in [0.15, 0.2) is 69.9 Å². The van der Waals surface area contributed by atoms with Gasteiger partial charge in [0.15, 0.2) is 0 Å². The molecule has 7 rings (SSSR count). The third-order valence-corrected chi connectivity index (χ3v) is 13.8. The van der Waals surface area contributed by atoms with Crippen molar-refractivity contribution in [2.24, 2.45) is 22.1 Å². The minimum absolute atomic E-state index is 0.0707. The summed E-state index contributed by atoms with van der Waals surface area (Å²) in [6, 6.07) is 11.5. The lowest BCUT2D eigenvalue weighted by Gasteiger charge is -2.46. The Hall–Kier alpha value is -3.67. The molecule has 3 aromatic rings. The summed E-state index contributed by atoms with van der Waals surface area (Å²) in [5.41, 5.74) is 3.44. The number of rotatable bonds is 3. The molecule has 7 atom stereocenters. The molecule has 0 radical (unpaired) electrons. The van der Waals surface area contributed by atoms with Crippen molar-refractivity contribution in [3.8, 4) is 5.75 Å². The van der Waals surface area contributed by atoms with Crippen molar-refractivity contribution in [1.29, 1.82) is 0 Å². The standard InChI is InChI=1S/C37H43ClN4O6S/c1-23-6-4-8-33(46-3)30-12-9-27(30)19-42-21-37(15-5-7-25-16-29(38)11-13-31(25)37)22-47-34-14-10-26(17-32(34)42)35(43)40-49(45,24(23)2)41-36(44)28-18-39-48-20-28/h4,8,10-11,13-14,16-18,20,23-24,27,30,33H,5-7,9,12,15,19,21-22H2,1-3H3,(H,40,41,43,44,45)/b8-4+. The molecule has 4 aliphatic rings. The smallest absolute Gasteiger partial charge is 0.286 e. The number of carbonyl (C=O) groups is 2. The van der Waals surface area contributed by atoms with Gasteiger partial charge in [0.05, 0.1) is 35.4 Å². The number of benzene rings is 2. The van der Waals surface area contributed by atoms with E-state index >= 15 is 0 Å².